The van der Waals surface area contributed by atoms with E-state index in [-0.39, 0.29) is 0 Å². The number of nitrogens with zero attached hydrogens (tertiary/aromatic N) is 4. The maximum absolute atomic E-state index is 5.35. The van der Waals surface area contributed by atoms with Crippen LogP contribution in [0.2, 0.25) is 0 Å². The van der Waals surface area contributed by atoms with Gasteiger partial charge in [0.25, 0.3) is 0 Å². The molecule has 0 bridgehead atoms. The van der Waals surface area contributed by atoms with Gasteiger partial charge in [0.1, 0.15) is 17.7 Å². The average Bonchev–Trinajstić information content (AvgIpc) is 2.79. The van der Waals surface area contributed by atoms with Gasteiger partial charge in [-0.3, -0.25) is 4.68 Å². The van der Waals surface area contributed by atoms with E-state index in [1.54, 1.807) is 24.3 Å². The fraction of sp³-hybridized carbons (Fsp3) is 0.417. The lowest BCUT2D eigenvalue weighted by molar-refractivity contribution is 0.416. The number of aryl methyl sites for hydroxylation is 1. The number of ether oxygens (including phenoxy) is 1. The average molecular weight is 245 g/mol. The van der Waals surface area contributed by atoms with Crippen molar-refractivity contribution in [3.63, 3.8) is 0 Å². The maximum atomic E-state index is 5.35. The van der Waals surface area contributed by atoms with Crippen LogP contribution in [0.5, 0.6) is 5.75 Å². The Kier molecular flexibility index (Phi) is 2.71. The van der Waals surface area contributed by atoms with Crippen molar-refractivity contribution in [1.29, 1.82) is 0 Å². The molecule has 3 heterocycles. The zero-order chi connectivity index (χ0) is 12.5. The first-order valence-corrected chi connectivity index (χ1v) is 5.91. The summed E-state index contributed by atoms with van der Waals surface area (Å²) in [5.41, 5.74) is 4.07. The second kappa shape index (κ2) is 4.38. The zero-order valence-electron chi connectivity index (χ0n) is 10.5. The minimum Gasteiger partial charge on any atom is -0.493 e. The van der Waals surface area contributed by atoms with Crippen LogP contribution < -0.4 is 10.1 Å². The summed E-state index contributed by atoms with van der Waals surface area (Å²) in [5, 5.41) is 7.57. The van der Waals surface area contributed by atoms with Crippen LogP contribution in [0.3, 0.4) is 0 Å². The number of hydrogen-bond donors (Lipinski definition) is 1. The van der Waals surface area contributed by atoms with Crippen LogP contribution in [0.1, 0.15) is 11.3 Å². The maximum Gasteiger partial charge on any atom is 0.166 e. The van der Waals surface area contributed by atoms with E-state index in [0.29, 0.717) is 0 Å². The molecule has 0 aromatic carbocycles. The monoisotopic (exact) mass is 245 g/mol. The minimum absolute atomic E-state index is 0.740. The molecule has 0 saturated heterocycles. The van der Waals surface area contributed by atoms with Crippen LogP contribution in [0, 0.1) is 0 Å². The number of methoxy groups -OCH3 is 1. The van der Waals surface area contributed by atoms with Crippen molar-refractivity contribution in [2.45, 2.75) is 13.0 Å². The molecule has 0 spiro atoms. The number of nitrogens with one attached hydrogen (secondary N) is 1. The summed E-state index contributed by atoms with van der Waals surface area (Å²) in [4.78, 5) is 8.77. The first-order valence-electron chi connectivity index (χ1n) is 5.91. The number of fused-ring (bicyclic) bond motifs is 1. The van der Waals surface area contributed by atoms with Crippen molar-refractivity contribution in [3.8, 4) is 17.1 Å². The van der Waals surface area contributed by atoms with E-state index in [1.807, 2.05) is 7.05 Å². The van der Waals surface area contributed by atoms with Crippen LogP contribution in [-0.2, 0) is 20.0 Å². The minimum atomic E-state index is 0.740. The standard InChI is InChI=1S/C12H15N5O/c1-17-12(10(18-2)6-16-17)11-8-5-13-4-3-9(8)14-7-15-11/h6-7,13H,3-5H2,1-2H3. The molecule has 0 radical (unpaired) electrons. The number of rotatable bonds is 2. The molecule has 1 aliphatic rings. The normalized spacial score (nSPS) is 14.3. The van der Waals surface area contributed by atoms with Gasteiger partial charge in [0, 0.05) is 32.1 Å². The Labute approximate surface area is 105 Å². The van der Waals surface area contributed by atoms with Gasteiger partial charge in [0.2, 0.25) is 0 Å². The van der Waals surface area contributed by atoms with E-state index in [4.69, 9.17) is 4.74 Å². The summed E-state index contributed by atoms with van der Waals surface area (Å²) in [6.07, 6.45) is 4.26. The molecule has 0 atom stereocenters. The van der Waals surface area contributed by atoms with Gasteiger partial charge >= 0.3 is 0 Å². The van der Waals surface area contributed by atoms with Crippen LogP contribution in [0.15, 0.2) is 12.5 Å². The number of hydrogen-bond acceptors (Lipinski definition) is 5. The Morgan fingerprint density at radius 3 is 3.11 bits per heavy atom. The second-order valence-electron chi connectivity index (χ2n) is 4.26. The predicted octanol–water partition coefficient (Wildman–Crippen LogP) is 0.531. The largest absolute Gasteiger partial charge is 0.493 e. The molecule has 0 fully saturated rings. The fourth-order valence-corrected chi connectivity index (χ4v) is 2.31. The Hall–Kier alpha value is -1.95. The highest BCUT2D eigenvalue weighted by Crippen LogP contribution is 2.31. The summed E-state index contributed by atoms with van der Waals surface area (Å²) in [6, 6.07) is 0. The third-order valence-corrected chi connectivity index (χ3v) is 3.22. The lowest BCUT2D eigenvalue weighted by Crippen LogP contribution is -2.25. The molecule has 6 heteroatoms. The predicted molar refractivity (Wildman–Crippen MR) is 66.2 cm³/mol. The van der Waals surface area contributed by atoms with Crippen LogP contribution in [0.4, 0.5) is 0 Å². The van der Waals surface area contributed by atoms with Gasteiger partial charge in [-0.05, 0) is 0 Å². The van der Waals surface area contributed by atoms with Crippen molar-refractivity contribution >= 4 is 0 Å². The van der Waals surface area contributed by atoms with Crippen molar-refractivity contribution < 1.29 is 4.74 Å². The smallest absolute Gasteiger partial charge is 0.166 e. The van der Waals surface area contributed by atoms with Crippen LogP contribution >= 0.6 is 0 Å². The van der Waals surface area contributed by atoms with Gasteiger partial charge in [-0.2, -0.15) is 5.10 Å². The molecule has 2 aromatic rings. The van der Waals surface area contributed by atoms with Crippen molar-refractivity contribution in [2.75, 3.05) is 13.7 Å². The van der Waals surface area contributed by atoms with Crippen LogP contribution in [-0.4, -0.2) is 33.4 Å². The molecule has 18 heavy (non-hydrogen) atoms. The van der Waals surface area contributed by atoms with Gasteiger partial charge < -0.3 is 10.1 Å². The lowest BCUT2D eigenvalue weighted by Gasteiger charge is -2.18. The molecule has 1 N–H and O–H groups in total. The Morgan fingerprint density at radius 2 is 2.28 bits per heavy atom. The summed E-state index contributed by atoms with van der Waals surface area (Å²) in [7, 11) is 3.54. The summed E-state index contributed by atoms with van der Waals surface area (Å²) >= 11 is 0. The topological polar surface area (TPSA) is 64.9 Å². The van der Waals surface area contributed by atoms with E-state index in [0.717, 1.165) is 47.9 Å². The molecule has 0 unspecified atom stereocenters. The Morgan fingerprint density at radius 1 is 1.39 bits per heavy atom. The Balaban J connectivity index is 2.19. The van der Waals surface area contributed by atoms with Crippen molar-refractivity contribution in [1.82, 2.24) is 25.1 Å². The van der Waals surface area contributed by atoms with Crippen molar-refractivity contribution in [2.24, 2.45) is 7.05 Å². The summed E-state index contributed by atoms with van der Waals surface area (Å²) in [6.45, 7) is 1.76. The third-order valence-electron chi connectivity index (χ3n) is 3.22. The second-order valence-corrected chi connectivity index (χ2v) is 4.26. The third kappa shape index (κ3) is 1.65. The van der Waals surface area contributed by atoms with Gasteiger partial charge in [0.15, 0.2) is 5.75 Å². The van der Waals surface area contributed by atoms with E-state index >= 15 is 0 Å². The van der Waals surface area contributed by atoms with Gasteiger partial charge in [0.05, 0.1) is 19.0 Å². The molecular weight excluding hydrogens is 230 g/mol. The van der Waals surface area contributed by atoms with E-state index in [9.17, 15) is 0 Å². The number of aromatic nitrogens is 4. The molecule has 0 saturated carbocycles. The van der Waals surface area contributed by atoms with E-state index in [1.165, 1.54) is 0 Å². The first-order chi connectivity index (χ1) is 8.81. The first kappa shape index (κ1) is 11.2. The van der Waals surface area contributed by atoms with Gasteiger partial charge in [-0.1, -0.05) is 0 Å². The van der Waals surface area contributed by atoms with Crippen molar-refractivity contribution in [3.05, 3.63) is 23.8 Å². The highest BCUT2D eigenvalue weighted by Gasteiger charge is 2.21. The molecule has 2 aromatic heterocycles. The molecule has 94 valence electrons. The quantitative estimate of drug-likeness (QED) is 0.836. The highest BCUT2D eigenvalue weighted by molar-refractivity contribution is 5.66. The molecular formula is C12H15N5O. The van der Waals surface area contributed by atoms with Gasteiger partial charge in [-0.15, -0.1) is 0 Å². The Bertz CT molecular complexity index is 578. The van der Waals surface area contributed by atoms with E-state index in [2.05, 4.69) is 20.4 Å². The van der Waals surface area contributed by atoms with Gasteiger partial charge in [-0.25, -0.2) is 9.97 Å². The van der Waals surface area contributed by atoms with Crippen LogP contribution in [0.25, 0.3) is 11.4 Å². The molecule has 0 aliphatic carbocycles. The van der Waals surface area contributed by atoms with E-state index < -0.39 is 0 Å². The lowest BCUT2D eigenvalue weighted by atomic mass is 10.0. The summed E-state index contributed by atoms with van der Waals surface area (Å²) in [5.74, 6) is 0.740. The molecule has 3 rings (SSSR count). The summed E-state index contributed by atoms with van der Waals surface area (Å²) < 4.78 is 7.14. The molecule has 0 amide bonds. The fourth-order valence-electron chi connectivity index (χ4n) is 2.31. The highest BCUT2D eigenvalue weighted by atomic mass is 16.5. The molecule has 6 nitrogen and oxygen atoms in total. The zero-order valence-corrected chi connectivity index (χ0v) is 10.5. The SMILES string of the molecule is COc1cnn(C)c1-c1ncnc2c1CNCC2. The molecule has 1 aliphatic heterocycles.